The number of carbonyl (C=O) groups is 3. The molecule has 3 fully saturated rings. The maximum atomic E-state index is 13.0. The van der Waals surface area contributed by atoms with Crippen LogP contribution in [-0.4, -0.2) is 64.4 Å². The summed E-state index contributed by atoms with van der Waals surface area (Å²) in [6, 6.07) is 18.7. The molecule has 246 valence electrons. The number of hydrogen-bond acceptors (Lipinski definition) is 8. The van der Waals surface area contributed by atoms with E-state index in [2.05, 4.69) is 42.6 Å². The topological polar surface area (TPSA) is 145 Å². The number of urea groups is 1. The first kappa shape index (κ1) is 31.4. The zero-order valence-electron chi connectivity index (χ0n) is 26.3. The van der Waals surface area contributed by atoms with Crippen molar-refractivity contribution in [1.29, 1.82) is 5.26 Å². The number of hydrogen-bond donors (Lipinski definition) is 2. The van der Waals surface area contributed by atoms with Gasteiger partial charge in [-0.1, -0.05) is 17.7 Å². The molecule has 2 aromatic carbocycles. The Morgan fingerprint density at radius 2 is 1.79 bits per heavy atom. The quantitative estimate of drug-likeness (QED) is 0.268. The number of fused-ring (bicyclic) bond motifs is 1. The Balaban J connectivity index is 0.904. The highest BCUT2D eigenvalue weighted by Gasteiger charge is 2.28. The second-order valence-electron chi connectivity index (χ2n) is 12.5. The van der Waals surface area contributed by atoms with Crippen LogP contribution in [0.5, 0.6) is 5.75 Å². The Labute approximate surface area is 282 Å². The summed E-state index contributed by atoms with van der Waals surface area (Å²) in [4.78, 5) is 40.9. The zero-order valence-corrected chi connectivity index (χ0v) is 27.0. The van der Waals surface area contributed by atoms with Crippen molar-refractivity contribution in [2.24, 2.45) is 0 Å². The molecule has 0 spiro atoms. The summed E-state index contributed by atoms with van der Waals surface area (Å²) in [5.74, 6) is 0.909. The fraction of sp³-hybridized carbons (Fsp3) is 0.371. The molecule has 1 saturated carbocycles. The van der Waals surface area contributed by atoms with E-state index in [0.717, 1.165) is 74.0 Å². The lowest BCUT2D eigenvalue weighted by Gasteiger charge is -2.33. The van der Waals surface area contributed by atoms with Gasteiger partial charge in [-0.25, -0.2) is 4.79 Å². The van der Waals surface area contributed by atoms with E-state index >= 15 is 0 Å². The van der Waals surface area contributed by atoms with Gasteiger partial charge in [0.05, 0.1) is 27.9 Å². The van der Waals surface area contributed by atoms with Gasteiger partial charge in [0.1, 0.15) is 11.8 Å². The molecule has 0 bridgehead atoms. The monoisotopic (exact) mass is 666 g/mol. The van der Waals surface area contributed by atoms with Gasteiger partial charge >= 0.3 is 6.03 Å². The van der Waals surface area contributed by atoms with E-state index in [-0.39, 0.29) is 42.5 Å². The maximum absolute atomic E-state index is 13.0. The smallest absolute Gasteiger partial charge is 0.328 e. The summed E-state index contributed by atoms with van der Waals surface area (Å²) in [5.41, 5.74) is 2.57. The van der Waals surface area contributed by atoms with Crippen molar-refractivity contribution in [3.8, 4) is 11.8 Å². The van der Waals surface area contributed by atoms with Crippen LogP contribution in [0.3, 0.4) is 0 Å². The molecule has 3 aliphatic rings. The minimum Gasteiger partial charge on any atom is -0.490 e. The third-order valence-electron chi connectivity index (χ3n) is 9.52. The SMILES string of the molecule is N#Cc1ccc(O[C@H]2CC[C@H](NC(=O)c3ccc(N4CCC(n5ccc6c(N7CCC(=O)NC7=O)cccc65)CC4)nn3)CC2)cc1Cl. The van der Waals surface area contributed by atoms with E-state index in [1.807, 2.05) is 30.3 Å². The Kier molecular flexibility index (Phi) is 8.86. The number of anilines is 2. The number of rotatable bonds is 7. The second kappa shape index (κ2) is 13.5. The highest BCUT2D eigenvalue weighted by molar-refractivity contribution is 6.31. The number of nitrogens with zero attached hydrogens (tertiary/aromatic N) is 6. The molecule has 4 heterocycles. The minimum atomic E-state index is -0.384. The van der Waals surface area contributed by atoms with Crippen LogP contribution in [0, 0.1) is 11.3 Å². The van der Waals surface area contributed by atoms with Crippen LogP contribution in [0.1, 0.15) is 67.0 Å². The summed E-state index contributed by atoms with van der Waals surface area (Å²) in [6.07, 6.45) is 7.35. The summed E-state index contributed by atoms with van der Waals surface area (Å²) in [5, 5.41) is 24.6. The van der Waals surface area contributed by atoms with Crippen molar-refractivity contribution in [3.05, 3.63) is 77.1 Å². The molecule has 12 nitrogen and oxygen atoms in total. The van der Waals surface area contributed by atoms with E-state index in [9.17, 15) is 14.4 Å². The third kappa shape index (κ3) is 6.51. The molecule has 0 radical (unpaired) electrons. The zero-order chi connectivity index (χ0) is 33.2. The highest BCUT2D eigenvalue weighted by Crippen LogP contribution is 2.34. The van der Waals surface area contributed by atoms with Crippen molar-refractivity contribution in [3.63, 3.8) is 0 Å². The van der Waals surface area contributed by atoms with Crippen molar-refractivity contribution in [1.82, 2.24) is 25.4 Å². The maximum Gasteiger partial charge on any atom is 0.328 e. The molecule has 2 aliphatic heterocycles. The van der Waals surface area contributed by atoms with Gasteiger partial charge in [-0.15, -0.1) is 10.2 Å². The average Bonchev–Trinajstić information content (AvgIpc) is 3.54. The molecule has 2 aromatic heterocycles. The standard InChI is InChI=1S/C35H35ClN8O4/c36-28-20-26(7-4-22(28)21-37)48-25-8-5-23(6-9-25)38-34(46)29-10-11-32(41-40-29)42-16-12-24(13-17-42)43-18-14-27-30(43)2-1-3-31(27)44-19-15-33(45)39-35(44)47/h1-4,7,10-11,14,18,20,23-25H,5-6,8-9,12-13,15-17,19H2,(H,38,46)(H,39,45,47)/t23-,25-. The Bertz CT molecular complexity index is 1890. The van der Waals surface area contributed by atoms with Crippen molar-refractivity contribution in [2.75, 3.05) is 29.4 Å². The van der Waals surface area contributed by atoms with Crippen LogP contribution < -0.4 is 25.2 Å². The molecule has 13 heteroatoms. The van der Waals surface area contributed by atoms with Crippen LogP contribution in [0.25, 0.3) is 10.9 Å². The molecule has 7 rings (SSSR count). The number of ether oxygens (including phenoxy) is 1. The lowest BCUT2D eigenvalue weighted by atomic mass is 9.93. The highest BCUT2D eigenvalue weighted by atomic mass is 35.5. The number of benzene rings is 2. The van der Waals surface area contributed by atoms with E-state index in [0.29, 0.717) is 28.6 Å². The normalized spacial score (nSPS) is 20.3. The molecule has 4 amide bonds. The largest absolute Gasteiger partial charge is 0.490 e. The lowest BCUT2D eigenvalue weighted by Crippen LogP contribution is -2.49. The van der Waals surface area contributed by atoms with Gasteiger partial charge in [0.15, 0.2) is 11.5 Å². The van der Waals surface area contributed by atoms with Gasteiger partial charge in [-0.3, -0.25) is 19.8 Å². The Hall–Kier alpha value is -5.15. The first-order chi connectivity index (χ1) is 23.4. The molecule has 2 saturated heterocycles. The molecule has 0 atom stereocenters. The summed E-state index contributed by atoms with van der Waals surface area (Å²) < 4.78 is 8.35. The molecular weight excluding hydrogens is 632 g/mol. The van der Waals surface area contributed by atoms with E-state index in [1.54, 1.807) is 29.2 Å². The van der Waals surface area contributed by atoms with Crippen LogP contribution in [0.2, 0.25) is 5.02 Å². The second-order valence-corrected chi connectivity index (χ2v) is 12.9. The average molecular weight is 667 g/mol. The van der Waals surface area contributed by atoms with Crippen LogP contribution in [-0.2, 0) is 4.79 Å². The third-order valence-corrected chi connectivity index (χ3v) is 9.84. The van der Waals surface area contributed by atoms with Gasteiger partial charge in [0.25, 0.3) is 5.91 Å². The van der Waals surface area contributed by atoms with Gasteiger partial charge in [-0.2, -0.15) is 5.26 Å². The number of halogens is 1. The van der Waals surface area contributed by atoms with Crippen molar-refractivity contribution >= 4 is 51.9 Å². The Morgan fingerprint density at radius 3 is 2.50 bits per heavy atom. The van der Waals surface area contributed by atoms with Gasteiger partial charge in [0, 0.05) is 55.8 Å². The first-order valence-corrected chi connectivity index (χ1v) is 16.7. The summed E-state index contributed by atoms with van der Waals surface area (Å²) in [6.45, 7) is 1.95. The van der Waals surface area contributed by atoms with E-state index < -0.39 is 0 Å². The number of nitrogens with one attached hydrogen (secondary N) is 2. The minimum absolute atomic E-state index is 0.0231. The van der Waals surface area contributed by atoms with Crippen LogP contribution >= 0.6 is 11.6 Å². The first-order valence-electron chi connectivity index (χ1n) is 16.3. The number of imide groups is 1. The van der Waals surface area contributed by atoms with E-state index in [4.69, 9.17) is 21.6 Å². The van der Waals surface area contributed by atoms with Crippen molar-refractivity contribution < 1.29 is 19.1 Å². The van der Waals surface area contributed by atoms with Gasteiger partial charge < -0.3 is 19.5 Å². The Morgan fingerprint density at radius 1 is 0.979 bits per heavy atom. The summed E-state index contributed by atoms with van der Waals surface area (Å²) >= 11 is 6.13. The number of piperidine rings is 1. The fourth-order valence-corrected chi connectivity index (χ4v) is 7.16. The number of amides is 4. The van der Waals surface area contributed by atoms with Gasteiger partial charge in [0.2, 0.25) is 5.91 Å². The van der Waals surface area contributed by atoms with Crippen LogP contribution in [0.15, 0.2) is 60.8 Å². The lowest BCUT2D eigenvalue weighted by molar-refractivity contribution is -0.120. The molecule has 48 heavy (non-hydrogen) atoms. The predicted molar refractivity (Wildman–Crippen MR) is 180 cm³/mol. The number of carbonyl (C=O) groups excluding carboxylic acids is 3. The predicted octanol–water partition coefficient (Wildman–Crippen LogP) is 5.36. The van der Waals surface area contributed by atoms with Gasteiger partial charge in [-0.05, 0) is 81.0 Å². The fourth-order valence-electron chi connectivity index (χ4n) is 6.94. The molecule has 2 N–H and O–H groups in total. The number of nitriles is 1. The summed E-state index contributed by atoms with van der Waals surface area (Å²) in [7, 11) is 0. The van der Waals surface area contributed by atoms with E-state index in [1.165, 1.54) is 0 Å². The molecule has 1 aliphatic carbocycles. The molecular formula is C35H35ClN8O4. The van der Waals surface area contributed by atoms with Crippen LogP contribution in [0.4, 0.5) is 16.3 Å². The molecule has 0 unspecified atom stereocenters. The number of aromatic nitrogens is 3. The van der Waals surface area contributed by atoms with Crippen molar-refractivity contribution in [2.45, 2.75) is 63.1 Å². The molecule has 4 aromatic rings.